The van der Waals surface area contributed by atoms with Crippen molar-refractivity contribution in [1.29, 1.82) is 0 Å². The lowest BCUT2D eigenvalue weighted by Crippen LogP contribution is -2.20. The van der Waals surface area contributed by atoms with E-state index in [0.717, 1.165) is 31.6 Å². The number of hydrogen-bond acceptors (Lipinski definition) is 2. The predicted molar refractivity (Wildman–Crippen MR) is 64.1 cm³/mol. The fraction of sp³-hybridized carbons (Fsp3) is 0.538. The van der Waals surface area contributed by atoms with Crippen molar-refractivity contribution >= 4 is 0 Å². The zero-order chi connectivity index (χ0) is 10.9. The summed E-state index contributed by atoms with van der Waals surface area (Å²) in [4.78, 5) is 0. The Hall–Kier alpha value is -1.02. The number of para-hydroxylation sites is 1. The highest BCUT2D eigenvalue weighted by molar-refractivity contribution is 5.20. The Kier molecular flexibility index (Phi) is 5.86. The van der Waals surface area contributed by atoms with Crippen molar-refractivity contribution < 1.29 is 4.74 Å². The van der Waals surface area contributed by atoms with E-state index in [4.69, 9.17) is 10.5 Å². The van der Waals surface area contributed by atoms with E-state index in [2.05, 4.69) is 6.92 Å². The van der Waals surface area contributed by atoms with E-state index in [1.807, 2.05) is 30.3 Å². The van der Waals surface area contributed by atoms with Crippen LogP contribution in [-0.4, -0.2) is 12.6 Å². The van der Waals surface area contributed by atoms with Crippen LogP contribution >= 0.6 is 0 Å². The molecule has 0 spiro atoms. The summed E-state index contributed by atoms with van der Waals surface area (Å²) in [6, 6.07) is 10.3. The minimum absolute atomic E-state index is 0.342. The van der Waals surface area contributed by atoms with Gasteiger partial charge in [0, 0.05) is 6.04 Å². The van der Waals surface area contributed by atoms with Gasteiger partial charge >= 0.3 is 0 Å². The molecule has 1 unspecified atom stereocenters. The second-order valence-electron chi connectivity index (χ2n) is 3.85. The molecule has 1 rings (SSSR count). The molecule has 0 amide bonds. The summed E-state index contributed by atoms with van der Waals surface area (Å²) < 4.78 is 5.58. The minimum atomic E-state index is 0.342. The first-order valence-corrected chi connectivity index (χ1v) is 5.76. The molecule has 0 radical (unpaired) electrons. The molecule has 2 N–H and O–H groups in total. The van der Waals surface area contributed by atoms with Gasteiger partial charge in [-0.1, -0.05) is 31.5 Å². The number of rotatable bonds is 7. The van der Waals surface area contributed by atoms with Gasteiger partial charge in [0.1, 0.15) is 5.75 Å². The van der Waals surface area contributed by atoms with Crippen LogP contribution in [0.2, 0.25) is 0 Å². The van der Waals surface area contributed by atoms with Gasteiger partial charge in [-0.15, -0.1) is 0 Å². The van der Waals surface area contributed by atoms with Crippen molar-refractivity contribution in [2.24, 2.45) is 5.73 Å². The van der Waals surface area contributed by atoms with Crippen LogP contribution in [0, 0.1) is 0 Å². The highest BCUT2D eigenvalue weighted by Crippen LogP contribution is 2.09. The zero-order valence-electron chi connectivity index (χ0n) is 9.49. The summed E-state index contributed by atoms with van der Waals surface area (Å²) in [6.45, 7) is 2.93. The molecule has 0 aromatic heterocycles. The molecule has 1 atom stereocenters. The van der Waals surface area contributed by atoms with Crippen LogP contribution in [0.15, 0.2) is 30.3 Å². The molecule has 84 valence electrons. The molecule has 0 saturated heterocycles. The molecule has 0 bridgehead atoms. The standard InChI is InChI=1S/C13H21NO/c1-2-7-12(14)8-6-11-15-13-9-4-3-5-10-13/h3-5,9-10,12H,2,6-8,11,14H2,1H3. The fourth-order valence-electron chi connectivity index (χ4n) is 1.57. The van der Waals surface area contributed by atoms with Crippen molar-refractivity contribution in [3.05, 3.63) is 30.3 Å². The van der Waals surface area contributed by atoms with Gasteiger partial charge in [0.2, 0.25) is 0 Å². The summed E-state index contributed by atoms with van der Waals surface area (Å²) >= 11 is 0. The van der Waals surface area contributed by atoms with Gasteiger partial charge in [-0.2, -0.15) is 0 Å². The summed E-state index contributed by atoms with van der Waals surface area (Å²) in [5.74, 6) is 0.946. The van der Waals surface area contributed by atoms with Crippen molar-refractivity contribution in [3.63, 3.8) is 0 Å². The first kappa shape index (κ1) is 12.1. The lowest BCUT2D eigenvalue weighted by Gasteiger charge is -2.10. The van der Waals surface area contributed by atoms with Gasteiger partial charge in [-0.3, -0.25) is 0 Å². The van der Waals surface area contributed by atoms with Gasteiger partial charge in [0.05, 0.1) is 6.61 Å². The number of benzene rings is 1. The fourth-order valence-corrected chi connectivity index (χ4v) is 1.57. The Morgan fingerprint density at radius 2 is 1.93 bits per heavy atom. The molecule has 1 aromatic carbocycles. The molecule has 0 aliphatic carbocycles. The predicted octanol–water partition coefficient (Wildman–Crippen LogP) is 2.97. The molecule has 2 heteroatoms. The summed E-state index contributed by atoms with van der Waals surface area (Å²) in [5.41, 5.74) is 5.91. The van der Waals surface area contributed by atoms with Crippen LogP contribution in [0.3, 0.4) is 0 Å². The molecule has 0 aliphatic rings. The largest absolute Gasteiger partial charge is 0.494 e. The number of nitrogens with two attached hydrogens (primary N) is 1. The summed E-state index contributed by atoms with van der Waals surface area (Å²) in [7, 11) is 0. The van der Waals surface area contributed by atoms with Gasteiger partial charge in [-0.05, 0) is 31.4 Å². The molecule has 0 saturated carbocycles. The molecule has 0 heterocycles. The van der Waals surface area contributed by atoms with E-state index in [1.165, 1.54) is 6.42 Å². The Bertz CT molecular complexity index is 248. The topological polar surface area (TPSA) is 35.2 Å². The van der Waals surface area contributed by atoms with Gasteiger partial charge in [-0.25, -0.2) is 0 Å². The molecule has 2 nitrogen and oxygen atoms in total. The van der Waals surface area contributed by atoms with Crippen LogP contribution in [0.25, 0.3) is 0 Å². The van der Waals surface area contributed by atoms with Crippen LogP contribution < -0.4 is 10.5 Å². The van der Waals surface area contributed by atoms with Crippen LogP contribution in [0.1, 0.15) is 32.6 Å². The number of ether oxygens (including phenoxy) is 1. The summed E-state index contributed by atoms with van der Waals surface area (Å²) in [5, 5.41) is 0. The first-order chi connectivity index (χ1) is 7.33. The van der Waals surface area contributed by atoms with E-state index >= 15 is 0 Å². The van der Waals surface area contributed by atoms with Crippen molar-refractivity contribution in [3.8, 4) is 5.75 Å². The first-order valence-electron chi connectivity index (χ1n) is 5.76. The lowest BCUT2D eigenvalue weighted by molar-refractivity contribution is 0.300. The van der Waals surface area contributed by atoms with Crippen LogP contribution in [0.5, 0.6) is 5.75 Å². The summed E-state index contributed by atoms with van der Waals surface area (Å²) in [6.07, 6.45) is 4.38. The highest BCUT2D eigenvalue weighted by atomic mass is 16.5. The second-order valence-corrected chi connectivity index (χ2v) is 3.85. The Labute approximate surface area is 92.4 Å². The van der Waals surface area contributed by atoms with Gasteiger partial charge in [0.25, 0.3) is 0 Å². The maximum atomic E-state index is 5.91. The van der Waals surface area contributed by atoms with Crippen LogP contribution in [-0.2, 0) is 0 Å². The van der Waals surface area contributed by atoms with Crippen molar-refractivity contribution in [2.75, 3.05) is 6.61 Å². The van der Waals surface area contributed by atoms with E-state index in [-0.39, 0.29) is 0 Å². The molecule has 15 heavy (non-hydrogen) atoms. The Morgan fingerprint density at radius 3 is 2.60 bits per heavy atom. The quantitative estimate of drug-likeness (QED) is 0.698. The molecular weight excluding hydrogens is 186 g/mol. The minimum Gasteiger partial charge on any atom is -0.494 e. The maximum absolute atomic E-state index is 5.91. The molecule has 0 aliphatic heterocycles. The zero-order valence-corrected chi connectivity index (χ0v) is 9.49. The second kappa shape index (κ2) is 7.30. The Balaban J connectivity index is 2.07. The van der Waals surface area contributed by atoms with Gasteiger partial charge in [0.15, 0.2) is 0 Å². The molecular formula is C13H21NO. The average molecular weight is 207 g/mol. The van der Waals surface area contributed by atoms with Crippen molar-refractivity contribution in [2.45, 2.75) is 38.6 Å². The van der Waals surface area contributed by atoms with E-state index in [0.29, 0.717) is 6.04 Å². The molecule has 1 aromatic rings. The number of hydrogen-bond donors (Lipinski definition) is 1. The normalized spacial score (nSPS) is 12.4. The SMILES string of the molecule is CCCC(N)CCCOc1ccccc1. The van der Waals surface area contributed by atoms with Crippen molar-refractivity contribution in [1.82, 2.24) is 0 Å². The van der Waals surface area contributed by atoms with Crippen LogP contribution in [0.4, 0.5) is 0 Å². The van der Waals surface area contributed by atoms with E-state index in [9.17, 15) is 0 Å². The average Bonchev–Trinajstić information content (AvgIpc) is 2.26. The monoisotopic (exact) mass is 207 g/mol. The molecule has 0 fully saturated rings. The third-order valence-electron chi connectivity index (χ3n) is 2.39. The third-order valence-corrected chi connectivity index (χ3v) is 2.39. The van der Waals surface area contributed by atoms with Gasteiger partial charge < -0.3 is 10.5 Å². The Morgan fingerprint density at radius 1 is 1.20 bits per heavy atom. The smallest absolute Gasteiger partial charge is 0.119 e. The lowest BCUT2D eigenvalue weighted by atomic mass is 10.1. The van der Waals surface area contributed by atoms with E-state index in [1.54, 1.807) is 0 Å². The highest BCUT2D eigenvalue weighted by Gasteiger charge is 2.00. The maximum Gasteiger partial charge on any atom is 0.119 e. The third kappa shape index (κ3) is 5.43. The van der Waals surface area contributed by atoms with E-state index < -0.39 is 0 Å².